The number of hydrogen-bond donors (Lipinski definition) is 0. The molecule has 0 fully saturated rings. The lowest BCUT2D eigenvalue weighted by Crippen LogP contribution is -2.18. The van der Waals surface area contributed by atoms with Gasteiger partial charge in [-0.05, 0) is 17.5 Å². The van der Waals surface area contributed by atoms with Crippen LogP contribution in [0.15, 0.2) is 36.7 Å². The fourth-order valence-electron chi connectivity index (χ4n) is 2.07. The van der Waals surface area contributed by atoms with Crippen LogP contribution in [0.2, 0.25) is 0 Å². The van der Waals surface area contributed by atoms with Gasteiger partial charge in [0, 0.05) is 19.7 Å². The Bertz CT molecular complexity index is 599. The van der Waals surface area contributed by atoms with Crippen LogP contribution in [0.4, 0.5) is 5.82 Å². The number of rotatable bonds is 5. The molecule has 0 radical (unpaired) electrons. The lowest BCUT2D eigenvalue weighted by Gasteiger charge is -2.18. The maximum atomic E-state index is 8.86. The Balaban J connectivity index is 2.07. The summed E-state index contributed by atoms with van der Waals surface area (Å²) < 4.78 is 0. The van der Waals surface area contributed by atoms with E-state index in [4.69, 9.17) is 5.26 Å². The highest BCUT2D eigenvalue weighted by Gasteiger charge is 2.05. The molecule has 1 aromatic heterocycles. The van der Waals surface area contributed by atoms with Gasteiger partial charge in [-0.15, -0.1) is 0 Å². The third-order valence-electron chi connectivity index (χ3n) is 3.14. The molecule has 0 aliphatic rings. The van der Waals surface area contributed by atoms with E-state index < -0.39 is 0 Å². The van der Waals surface area contributed by atoms with Gasteiger partial charge in [0.2, 0.25) is 0 Å². The number of nitrogens with zero attached hydrogens (tertiary/aromatic N) is 4. The van der Waals surface area contributed by atoms with Crippen molar-refractivity contribution in [1.82, 2.24) is 9.97 Å². The van der Waals surface area contributed by atoms with Crippen molar-refractivity contribution in [3.05, 3.63) is 53.5 Å². The van der Waals surface area contributed by atoms with E-state index in [0.29, 0.717) is 5.69 Å². The molecule has 0 aliphatic heterocycles. The third kappa shape index (κ3) is 3.55. The van der Waals surface area contributed by atoms with Crippen molar-refractivity contribution in [3.8, 4) is 6.07 Å². The number of aromatic nitrogens is 2. The van der Waals surface area contributed by atoms with E-state index in [9.17, 15) is 0 Å². The van der Waals surface area contributed by atoms with E-state index in [0.717, 1.165) is 25.2 Å². The predicted octanol–water partition coefficient (Wildman–Crippen LogP) is 2.94. The molecule has 0 saturated heterocycles. The summed E-state index contributed by atoms with van der Waals surface area (Å²) in [6, 6.07) is 12.4. The average Bonchev–Trinajstić information content (AvgIpc) is 2.49. The zero-order chi connectivity index (χ0) is 14.4. The van der Waals surface area contributed by atoms with Gasteiger partial charge in [-0.2, -0.15) is 5.26 Å². The summed E-state index contributed by atoms with van der Waals surface area (Å²) in [4.78, 5) is 10.1. The minimum Gasteiger partial charge on any atom is -0.355 e. The molecule has 0 atom stereocenters. The molecule has 2 rings (SSSR count). The zero-order valence-electron chi connectivity index (χ0n) is 11.9. The predicted molar refractivity (Wildman–Crippen MR) is 79.3 cm³/mol. The molecule has 0 unspecified atom stereocenters. The van der Waals surface area contributed by atoms with Crippen LogP contribution in [0.3, 0.4) is 0 Å². The highest BCUT2D eigenvalue weighted by Crippen LogP contribution is 2.14. The van der Waals surface area contributed by atoms with E-state index in [2.05, 4.69) is 41.2 Å². The summed E-state index contributed by atoms with van der Waals surface area (Å²) in [5.41, 5.74) is 2.98. The Morgan fingerprint density at radius 2 is 1.85 bits per heavy atom. The van der Waals surface area contributed by atoms with Crippen LogP contribution in [-0.2, 0) is 13.0 Å². The van der Waals surface area contributed by atoms with Crippen molar-refractivity contribution in [3.63, 3.8) is 0 Å². The van der Waals surface area contributed by atoms with Crippen molar-refractivity contribution in [2.24, 2.45) is 0 Å². The first kappa shape index (κ1) is 14.0. The molecule has 1 heterocycles. The Morgan fingerprint density at radius 3 is 2.50 bits per heavy atom. The molecular formula is C16H18N4. The Kier molecular flexibility index (Phi) is 4.67. The van der Waals surface area contributed by atoms with Crippen LogP contribution in [0.25, 0.3) is 0 Å². The van der Waals surface area contributed by atoms with Crippen molar-refractivity contribution in [2.75, 3.05) is 11.9 Å². The highest BCUT2D eigenvalue weighted by atomic mass is 15.2. The molecule has 102 valence electrons. The first-order valence-electron chi connectivity index (χ1n) is 6.74. The van der Waals surface area contributed by atoms with Crippen molar-refractivity contribution >= 4 is 5.82 Å². The molecule has 2 aromatic rings. The lowest BCUT2D eigenvalue weighted by molar-refractivity contribution is 0.883. The molecule has 1 aromatic carbocycles. The summed E-state index contributed by atoms with van der Waals surface area (Å²) in [7, 11) is 1.96. The van der Waals surface area contributed by atoms with Crippen LogP contribution >= 0.6 is 0 Å². The van der Waals surface area contributed by atoms with Crippen LogP contribution in [-0.4, -0.2) is 17.0 Å². The minimum absolute atomic E-state index is 0.389. The molecule has 0 aliphatic carbocycles. The molecule has 0 N–H and O–H groups in total. The molecule has 4 nitrogen and oxygen atoms in total. The van der Waals surface area contributed by atoms with Crippen molar-refractivity contribution in [2.45, 2.75) is 26.3 Å². The second kappa shape index (κ2) is 6.67. The summed E-state index contributed by atoms with van der Waals surface area (Å²) in [6.45, 7) is 2.94. The second-order valence-electron chi connectivity index (χ2n) is 4.80. The summed E-state index contributed by atoms with van der Waals surface area (Å²) in [6.07, 6.45) is 3.71. The summed E-state index contributed by atoms with van der Waals surface area (Å²) >= 11 is 0. The van der Waals surface area contributed by atoms with E-state index in [1.807, 2.05) is 18.0 Å². The van der Waals surface area contributed by atoms with Gasteiger partial charge in [0.1, 0.15) is 23.9 Å². The van der Waals surface area contributed by atoms with Crippen LogP contribution < -0.4 is 4.90 Å². The van der Waals surface area contributed by atoms with Gasteiger partial charge in [0.25, 0.3) is 0 Å². The molecule has 0 saturated carbocycles. The number of anilines is 1. The van der Waals surface area contributed by atoms with Crippen LogP contribution in [0, 0.1) is 11.3 Å². The number of benzene rings is 1. The van der Waals surface area contributed by atoms with Gasteiger partial charge in [-0.25, -0.2) is 9.97 Å². The van der Waals surface area contributed by atoms with Crippen LogP contribution in [0.1, 0.15) is 30.2 Å². The summed E-state index contributed by atoms with van der Waals surface area (Å²) in [5, 5.41) is 8.86. The quantitative estimate of drug-likeness (QED) is 0.835. The monoisotopic (exact) mass is 266 g/mol. The molecule has 4 heteroatoms. The van der Waals surface area contributed by atoms with Gasteiger partial charge in [-0.1, -0.05) is 37.6 Å². The zero-order valence-corrected chi connectivity index (χ0v) is 11.9. The van der Waals surface area contributed by atoms with E-state index >= 15 is 0 Å². The van der Waals surface area contributed by atoms with Crippen molar-refractivity contribution < 1.29 is 0 Å². The number of nitriles is 1. The molecule has 0 amide bonds. The average molecular weight is 266 g/mol. The molecular weight excluding hydrogens is 248 g/mol. The Morgan fingerprint density at radius 1 is 1.15 bits per heavy atom. The standard InChI is InChI=1S/C16H18N4/c1-3-4-13-5-7-14(8-6-13)11-20(2)16-9-15(10-17)18-12-19-16/h5-9,12H,3-4,11H2,1-2H3. The fourth-order valence-corrected chi connectivity index (χ4v) is 2.07. The van der Waals surface area contributed by atoms with Gasteiger partial charge in [0.15, 0.2) is 0 Å². The Hall–Kier alpha value is -2.41. The smallest absolute Gasteiger partial charge is 0.145 e. The van der Waals surface area contributed by atoms with Gasteiger partial charge in [-0.3, -0.25) is 0 Å². The lowest BCUT2D eigenvalue weighted by atomic mass is 10.1. The van der Waals surface area contributed by atoms with Crippen LogP contribution in [0.5, 0.6) is 0 Å². The molecule has 20 heavy (non-hydrogen) atoms. The SMILES string of the molecule is CCCc1ccc(CN(C)c2cc(C#N)ncn2)cc1. The fraction of sp³-hybridized carbons (Fsp3) is 0.312. The van der Waals surface area contributed by atoms with E-state index in [1.165, 1.54) is 17.5 Å². The van der Waals surface area contributed by atoms with Gasteiger partial charge >= 0.3 is 0 Å². The van der Waals surface area contributed by atoms with Crippen molar-refractivity contribution in [1.29, 1.82) is 5.26 Å². The first-order valence-corrected chi connectivity index (χ1v) is 6.74. The second-order valence-corrected chi connectivity index (χ2v) is 4.80. The number of hydrogen-bond acceptors (Lipinski definition) is 4. The molecule has 0 bridgehead atoms. The van der Waals surface area contributed by atoms with E-state index in [1.54, 1.807) is 6.07 Å². The maximum Gasteiger partial charge on any atom is 0.145 e. The largest absolute Gasteiger partial charge is 0.355 e. The normalized spacial score (nSPS) is 10.1. The topological polar surface area (TPSA) is 52.8 Å². The van der Waals surface area contributed by atoms with Gasteiger partial charge < -0.3 is 4.90 Å². The van der Waals surface area contributed by atoms with E-state index in [-0.39, 0.29) is 0 Å². The molecule has 0 spiro atoms. The first-order chi connectivity index (χ1) is 9.72. The Labute approximate surface area is 119 Å². The highest BCUT2D eigenvalue weighted by molar-refractivity contribution is 5.42. The minimum atomic E-state index is 0.389. The van der Waals surface area contributed by atoms with Gasteiger partial charge in [0.05, 0.1) is 0 Å². The summed E-state index contributed by atoms with van der Waals surface area (Å²) in [5.74, 6) is 0.759. The third-order valence-corrected chi connectivity index (χ3v) is 3.14. The number of aryl methyl sites for hydroxylation is 1. The maximum absolute atomic E-state index is 8.86.